The molecule has 0 bridgehead atoms. The summed E-state index contributed by atoms with van der Waals surface area (Å²) in [4.78, 5) is 22.2. The zero-order chi connectivity index (χ0) is 13.8. The Morgan fingerprint density at radius 3 is 2.95 bits per heavy atom. The topological polar surface area (TPSA) is 100 Å². The summed E-state index contributed by atoms with van der Waals surface area (Å²) in [6, 6.07) is 0. The maximum absolute atomic E-state index is 11.2. The molecule has 0 saturated carbocycles. The van der Waals surface area contributed by atoms with Crippen LogP contribution in [-0.4, -0.2) is 38.8 Å². The fraction of sp³-hybridized carbons (Fsp3) is 0.455. The lowest BCUT2D eigenvalue weighted by Gasteiger charge is -2.12. The molecule has 7 nitrogen and oxygen atoms in total. The van der Waals surface area contributed by atoms with Crippen molar-refractivity contribution in [1.29, 1.82) is 0 Å². The highest BCUT2D eigenvalue weighted by molar-refractivity contribution is 7.99. The molecule has 0 aromatic carbocycles. The van der Waals surface area contributed by atoms with Crippen molar-refractivity contribution in [3.05, 3.63) is 17.7 Å². The molecule has 0 atom stereocenters. The van der Waals surface area contributed by atoms with Gasteiger partial charge in [-0.2, -0.15) is 0 Å². The number of thioether (sulfide) groups is 1. The Bertz CT molecular complexity index is 538. The number of ether oxygens (including phenoxy) is 1. The lowest BCUT2D eigenvalue weighted by Crippen LogP contribution is -2.24. The van der Waals surface area contributed by atoms with Gasteiger partial charge >= 0.3 is 0 Å². The number of hydrogen-bond donors (Lipinski definition) is 1. The van der Waals surface area contributed by atoms with Gasteiger partial charge in [-0.25, -0.2) is 4.68 Å². The third kappa shape index (κ3) is 3.14. The van der Waals surface area contributed by atoms with Crippen molar-refractivity contribution in [2.24, 2.45) is 0 Å². The third-order valence-electron chi connectivity index (χ3n) is 2.51. The first-order valence-electron chi connectivity index (χ1n) is 5.84. The molecular formula is C11H14N4O3S. The summed E-state index contributed by atoms with van der Waals surface area (Å²) in [6.45, 7) is 1.84. The molecule has 8 heteroatoms. The van der Waals surface area contributed by atoms with Gasteiger partial charge in [0.15, 0.2) is 12.4 Å². The van der Waals surface area contributed by atoms with Gasteiger partial charge < -0.3 is 10.6 Å². The molecule has 0 unspecified atom stereocenters. The van der Waals surface area contributed by atoms with Crippen LogP contribution in [0.3, 0.4) is 0 Å². The fourth-order valence-electron chi connectivity index (χ4n) is 1.52. The molecule has 19 heavy (non-hydrogen) atoms. The van der Waals surface area contributed by atoms with Crippen LogP contribution in [0.2, 0.25) is 0 Å². The minimum atomic E-state index is -0.527. The predicted molar refractivity (Wildman–Crippen MR) is 68.9 cm³/mol. The molecule has 2 heterocycles. The number of hydrogen-bond acceptors (Lipinski definition) is 7. The zero-order valence-corrected chi connectivity index (χ0v) is 11.3. The summed E-state index contributed by atoms with van der Waals surface area (Å²) < 4.78 is 6.58. The quantitative estimate of drug-likeness (QED) is 0.464. The molecule has 0 amide bonds. The van der Waals surface area contributed by atoms with Crippen molar-refractivity contribution in [3.63, 3.8) is 0 Å². The van der Waals surface area contributed by atoms with Gasteiger partial charge in [-0.1, -0.05) is 18.7 Å². The first kappa shape index (κ1) is 13.6. The number of Topliss-reactive ketones (excluding diaryl/α,β-unsaturated/α-hetero) is 1. The molecule has 102 valence electrons. The van der Waals surface area contributed by atoms with E-state index in [1.165, 1.54) is 22.5 Å². The number of rotatable bonds is 5. The van der Waals surface area contributed by atoms with Crippen LogP contribution in [0.25, 0.3) is 0 Å². The first-order chi connectivity index (χ1) is 9.11. The molecule has 1 aliphatic heterocycles. The van der Waals surface area contributed by atoms with E-state index in [-0.39, 0.29) is 6.61 Å². The van der Waals surface area contributed by atoms with Gasteiger partial charge in [-0.15, -0.1) is 10.2 Å². The highest BCUT2D eigenvalue weighted by atomic mass is 32.2. The summed E-state index contributed by atoms with van der Waals surface area (Å²) in [5, 5.41) is 8.50. The van der Waals surface area contributed by atoms with Crippen LogP contribution >= 0.6 is 11.8 Å². The number of aryl methyl sites for hydroxylation is 1. The summed E-state index contributed by atoms with van der Waals surface area (Å²) in [5.74, 6) is 6.35. The molecule has 0 aliphatic carbocycles. The minimum absolute atomic E-state index is 0.193. The zero-order valence-electron chi connectivity index (χ0n) is 10.5. The lowest BCUT2D eigenvalue weighted by atomic mass is 10.2. The van der Waals surface area contributed by atoms with Gasteiger partial charge in [-0.05, 0) is 6.42 Å². The second kappa shape index (κ2) is 5.87. The van der Waals surface area contributed by atoms with Crippen LogP contribution in [0, 0.1) is 0 Å². The Labute approximate surface area is 114 Å². The van der Waals surface area contributed by atoms with E-state index in [0.717, 1.165) is 18.7 Å². The number of nitrogens with two attached hydrogens (primary N) is 1. The number of nitrogens with zero attached hydrogens (tertiary/aromatic N) is 3. The number of carbonyl (C=O) groups is 2. The average molecular weight is 282 g/mol. The molecule has 2 N–H and O–H groups in total. The number of allylic oxidation sites excluding steroid dienone is 1. The van der Waals surface area contributed by atoms with Crippen molar-refractivity contribution in [2.45, 2.75) is 24.9 Å². The SMILES string of the molecule is CCCc1nnc(SCC2=CC(=O)C(=O)CO2)n1N. The smallest absolute Gasteiger partial charge is 0.240 e. The molecule has 0 spiro atoms. The van der Waals surface area contributed by atoms with Gasteiger partial charge in [0.1, 0.15) is 5.76 Å². The Kier molecular flexibility index (Phi) is 4.20. The average Bonchev–Trinajstić information content (AvgIpc) is 2.73. The van der Waals surface area contributed by atoms with Gasteiger partial charge in [0, 0.05) is 12.5 Å². The van der Waals surface area contributed by atoms with E-state index in [0.29, 0.717) is 16.7 Å². The van der Waals surface area contributed by atoms with E-state index in [1.807, 2.05) is 6.92 Å². The largest absolute Gasteiger partial charge is 0.489 e. The molecule has 1 aromatic heterocycles. The van der Waals surface area contributed by atoms with Crippen molar-refractivity contribution in [3.8, 4) is 0 Å². The van der Waals surface area contributed by atoms with Crippen LogP contribution in [-0.2, 0) is 20.7 Å². The van der Waals surface area contributed by atoms with Crippen LogP contribution in [0.4, 0.5) is 0 Å². The summed E-state index contributed by atoms with van der Waals surface area (Å²) in [6.07, 6.45) is 2.91. The van der Waals surface area contributed by atoms with Crippen LogP contribution < -0.4 is 5.84 Å². The summed E-state index contributed by atoms with van der Waals surface area (Å²) >= 11 is 1.31. The molecule has 0 fully saturated rings. The number of aromatic nitrogens is 3. The van der Waals surface area contributed by atoms with E-state index in [9.17, 15) is 9.59 Å². The molecule has 0 saturated heterocycles. The van der Waals surface area contributed by atoms with Crippen LogP contribution in [0.15, 0.2) is 17.0 Å². The van der Waals surface area contributed by atoms with Gasteiger partial charge in [0.2, 0.25) is 16.7 Å². The van der Waals surface area contributed by atoms with Gasteiger partial charge in [0.05, 0.1) is 5.75 Å². The van der Waals surface area contributed by atoms with Gasteiger partial charge in [0.25, 0.3) is 0 Å². The molecular weight excluding hydrogens is 268 g/mol. The van der Waals surface area contributed by atoms with Crippen molar-refractivity contribution in [2.75, 3.05) is 18.2 Å². The van der Waals surface area contributed by atoms with E-state index < -0.39 is 11.6 Å². The van der Waals surface area contributed by atoms with Gasteiger partial charge in [-0.3, -0.25) is 9.59 Å². The number of ketones is 2. The Balaban J connectivity index is 1.98. The third-order valence-corrected chi connectivity index (χ3v) is 3.47. The molecule has 1 aromatic rings. The van der Waals surface area contributed by atoms with E-state index in [1.54, 1.807) is 0 Å². The molecule has 1 aliphatic rings. The second-order valence-corrected chi connectivity index (χ2v) is 4.94. The Morgan fingerprint density at radius 2 is 2.26 bits per heavy atom. The van der Waals surface area contributed by atoms with Crippen LogP contribution in [0.1, 0.15) is 19.2 Å². The standard InChI is InChI=1S/C11H14N4O3S/c1-2-3-10-13-14-11(15(10)12)19-6-7-4-8(16)9(17)5-18-7/h4H,2-3,5-6,12H2,1H3. The number of nitrogen functional groups attached to an aromatic ring is 1. The monoisotopic (exact) mass is 282 g/mol. The van der Waals surface area contributed by atoms with Crippen molar-refractivity contribution < 1.29 is 14.3 Å². The van der Waals surface area contributed by atoms with Crippen molar-refractivity contribution in [1.82, 2.24) is 14.9 Å². The van der Waals surface area contributed by atoms with Crippen molar-refractivity contribution >= 4 is 23.3 Å². The van der Waals surface area contributed by atoms with E-state index >= 15 is 0 Å². The Hall–Kier alpha value is -1.83. The maximum atomic E-state index is 11.2. The lowest BCUT2D eigenvalue weighted by molar-refractivity contribution is -0.137. The fourth-order valence-corrected chi connectivity index (χ4v) is 2.30. The molecule has 0 radical (unpaired) electrons. The molecule has 2 rings (SSSR count). The predicted octanol–water partition coefficient (Wildman–Crippen LogP) is 0.0888. The number of carbonyl (C=O) groups excluding carboxylic acids is 2. The maximum Gasteiger partial charge on any atom is 0.240 e. The van der Waals surface area contributed by atoms with E-state index in [4.69, 9.17) is 10.6 Å². The normalized spacial score (nSPS) is 15.3. The highest BCUT2D eigenvalue weighted by Crippen LogP contribution is 2.20. The first-order valence-corrected chi connectivity index (χ1v) is 6.83. The van der Waals surface area contributed by atoms with E-state index in [2.05, 4.69) is 10.2 Å². The summed E-state index contributed by atoms with van der Waals surface area (Å²) in [7, 11) is 0. The Morgan fingerprint density at radius 1 is 1.47 bits per heavy atom. The minimum Gasteiger partial charge on any atom is -0.489 e. The highest BCUT2D eigenvalue weighted by Gasteiger charge is 2.20. The van der Waals surface area contributed by atoms with Crippen LogP contribution in [0.5, 0.6) is 0 Å². The summed E-state index contributed by atoms with van der Waals surface area (Å²) in [5.41, 5.74) is 0. The second-order valence-electron chi connectivity index (χ2n) is 3.99.